The first kappa shape index (κ1) is 14.6. The van der Waals surface area contributed by atoms with Crippen molar-refractivity contribution in [3.8, 4) is 11.4 Å². The summed E-state index contributed by atoms with van der Waals surface area (Å²) in [5.41, 5.74) is 1.63. The molecular weight excluding hydrogens is 300 g/mol. The van der Waals surface area contributed by atoms with Crippen molar-refractivity contribution < 1.29 is 0 Å². The van der Waals surface area contributed by atoms with Crippen molar-refractivity contribution in [3.63, 3.8) is 0 Å². The second-order valence-corrected chi connectivity index (χ2v) is 5.52. The smallest absolute Gasteiger partial charge is 0.213 e. The Morgan fingerprint density at radius 1 is 0.667 bits per heavy atom. The normalized spacial score (nSPS) is 16.6. The van der Waals surface area contributed by atoms with E-state index in [-0.39, 0.29) is 0 Å². The van der Waals surface area contributed by atoms with Gasteiger partial charge in [-0.3, -0.25) is 9.80 Å². The predicted molar refractivity (Wildman–Crippen MR) is 92.7 cm³/mol. The predicted octanol–water partition coefficient (Wildman–Crippen LogP) is 2.58. The van der Waals surface area contributed by atoms with E-state index in [0.29, 0.717) is 0 Å². The lowest BCUT2D eigenvalue weighted by Gasteiger charge is -2.17. The first-order valence-electron chi connectivity index (χ1n) is 7.57. The third-order valence-corrected chi connectivity index (χ3v) is 3.63. The van der Waals surface area contributed by atoms with Crippen LogP contribution < -0.4 is 9.80 Å². The third kappa shape index (κ3) is 2.78. The Morgan fingerprint density at radius 3 is 1.50 bits per heavy atom. The molecule has 2 aliphatic rings. The van der Waals surface area contributed by atoms with Crippen LogP contribution in [-0.2, 0) is 0 Å². The molecule has 0 aliphatic carbocycles. The molecule has 0 saturated heterocycles. The van der Waals surface area contributed by atoms with Gasteiger partial charge in [0.25, 0.3) is 0 Å². The molecule has 0 N–H and O–H groups in total. The van der Waals surface area contributed by atoms with Gasteiger partial charge in [-0.05, 0) is 24.3 Å². The maximum absolute atomic E-state index is 4.70. The Hall–Kier alpha value is -3.02. The zero-order valence-electron chi connectivity index (χ0n) is 13.5. The minimum Gasteiger partial charge on any atom is -0.349 e. The molecule has 4 heterocycles. The molecule has 2 aromatic heterocycles. The lowest BCUT2D eigenvalue weighted by molar-refractivity contribution is 0.573. The fraction of sp³-hybridized carbons (Fsp3) is 0.111. The van der Waals surface area contributed by atoms with Gasteiger partial charge in [-0.15, -0.1) is 0 Å². The van der Waals surface area contributed by atoms with E-state index in [0.717, 1.165) is 23.0 Å². The fourth-order valence-electron chi connectivity index (χ4n) is 2.46. The summed E-state index contributed by atoms with van der Waals surface area (Å²) in [6.07, 6.45) is 7.69. The number of nitrogens with zero attached hydrogens (tertiary/aromatic N) is 6. The van der Waals surface area contributed by atoms with Crippen LogP contribution >= 0.6 is 0 Å². The summed E-state index contributed by atoms with van der Waals surface area (Å²) in [7, 11) is 3.86. The molecule has 0 unspecified atom stereocenters. The minimum absolute atomic E-state index is 0.805. The molecular formula is C18H16N6. The van der Waals surface area contributed by atoms with E-state index in [1.807, 2.05) is 94.9 Å². The van der Waals surface area contributed by atoms with Gasteiger partial charge in [0, 0.05) is 38.9 Å². The zero-order valence-corrected chi connectivity index (χ0v) is 13.5. The number of rotatable bonds is 3. The second-order valence-electron chi connectivity index (χ2n) is 5.52. The van der Waals surface area contributed by atoms with Crippen LogP contribution in [0.5, 0.6) is 0 Å². The molecule has 0 amide bonds. The maximum Gasteiger partial charge on any atom is 0.213 e. The molecule has 0 aromatic carbocycles. The van der Waals surface area contributed by atoms with Crippen LogP contribution in [0.15, 0.2) is 61.2 Å². The number of hydrogen-bond acceptors (Lipinski definition) is 6. The highest BCUT2D eigenvalue weighted by atomic mass is 15.4. The van der Waals surface area contributed by atoms with Gasteiger partial charge in [0.1, 0.15) is 11.6 Å². The number of pyridine rings is 2. The lowest BCUT2D eigenvalue weighted by Crippen LogP contribution is -2.17. The topological polar surface area (TPSA) is 38.7 Å². The van der Waals surface area contributed by atoms with Crippen molar-refractivity contribution in [1.82, 2.24) is 19.8 Å². The molecule has 0 spiro atoms. The Labute approximate surface area is 141 Å². The Bertz CT molecular complexity index is 732. The van der Waals surface area contributed by atoms with E-state index in [1.165, 1.54) is 0 Å². The van der Waals surface area contributed by atoms with Crippen molar-refractivity contribution in [3.05, 3.63) is 74.5 Å². The minimum atomic E-state index is 0.805. The highest BCUT2D eigenvalue weighted by Crippen LogP contribution is 2.25. The first-order chi connectivity index (χ1) is 11.7. The molecule has 0 bridgehead atoms. The molecule has 24 heavy (non-hydrogen) atoms. The monoisotopic (exact) mass is 316 g/mol. The van der Waals surface area contributed by atoms with Gasteiger partial charge in [0.05, 0.1) is 11.4 Å². The van der Waals surface area contributed by atoms with Gasteiger partial charge in [0.2, 0.25) is 13.3 Å². The van der Waals surface area contributed by atoms with Gasteiger partial charge in [-0.1, -0.05) is 12.1 Å². The van der Waals surface area contributed by atoms with Gasteiger partial charge in [-0.25, -0.2) is 9.97 Å². The number of hydrogen-bond donors (Lipinski definition) is 0. The Balaban J connectivity index is 1.62. The molecule has 4 radical (unpaired) electrons. The van der Waals surface area contributed by atoms with Crippen LogP contribution in [0.2, 0.25) is 0 Å². The van der Waals surface area contributed by atoms with Crippen molar-refractivity contribution in [2.75, 3.05) is 23.9 Å². The van der Waals surface area contributed by atoms with E-state index in [2.05, 4.69) is 13.3 Å². The van der Waals surface area contributed by atoms with E-state index in [4.69, 9.17) is 9.97 Å². The largest absolute Gasteiger partial charge is 0.349 e. The Kier molecular flexibility index (Phi) is 3.57. The second kappa shape index (κ2) is 5.88. The van der Waals surface area contributed by atoms with E-state index in [9.17, 15) is 0 Å². The highest BCUT2D eigenvalue weighted by molar-refractivity contribution is 5.62. The summed E-state index contributed by atoms with van der Waals surface area (Å²) in [5, 5.41) is 0. The molecule has 2 aromatic rings. The molecule has 0 atom stereocenters. The lowest BCUT2D eigenvalue weighted by atomic mass is 10.2. The average molecular weight is 316 g/mol. The van der Waals surface area contributed by atoms with Crippen LogP contribution in [-0.4, -0.2) is 33.9 Å². The number of aromatic nitrogens is 2. The molecule has 0 saturated carbocycles. The summed E-state index contributed by atoms with van der Waals surface area (Å²) in [4.78, 5) is 16.8. The number of anilines is 2. The van der Waals surface area contributed by atoms with Crippen molar-refractivity contribution in [2.45, 2.75) is 0 Å². The van der Waals surface area contributed by atoms with Crippen LogP contribution in [0, 0.1) is 13.3 Å². The molecule has 0 fully saturated rings. The van der Waals surface area contributed by atoms with E-state index >= 15 is 0 Å². The molecule has 6 heteroatoms. The fourth-order valence-corrected chi connectivity index (χ4v) is 2.46. The molecule has 2 aliphatic heterocycles. The van der Waals surface area contributed by atoms with Gasteiger partial charge in [0.15, 0.2) is 0 Å². The van der Waals surface area contributed by atoms with Gasteiger partial charge in [-0.2, -0.15) is 0 Å². The summed E-state index contributed by atoms with van der Waals surface area (Å²) in [6, 6.07) is 11.8. The quantitative estimate of drug-likeness (QED) is 0.867. The van der Waals surface area contributed by atoms with Gasteiger partial charge < -0.3 is 9.80 Å². The average Bonchev–Trinajstić information content (AvgIpc) is 3.24. The van der Waals surface area contributed by atoms with Crippen LogP contribution in [0.3, 0.4) is 0 Å². The maximum atomic E-state index is 4.70. The summed E-state index contributed by atoms with van der Waals surface area (Å²) in [5.74, 6) is 1.61. The summed E-state index contributed by atoms with van der Waals surface area (Å²) >= 11 is 0. The molecule has 118 valence electrons. The summed E-state index contributed by atoms with van der Waals surface area (Å²) in [6.45, 7) is 6.30. The van der Waals surface area contributed by atoms with Crippen molar-refractivity contribution in [1.29, 1.82) is 0 Å². The van der Waals surface area contributed by atoms with E-state index < -0.39 is 0 Å². The van der Waals surface area contributed by atoms with Crippen molar-refractivity contribution >= 4 is 11.6 Å². The Morgan fingerprint density at radius 2 is 1.12 bits per heavy atom. The van der Waals surface area contributed by atoms with Crippen molar-refractivity contribution in [2.24, 2.45) is 0 Å². The van der Waals surface area contributed by atoms with Crippen LogP contribution in [0.25, 0.3) is 11.4 Å². The van der Waals surface area contributed by atoms with Crippen LogP contribution in [0.4, 0.5) is 11.6 Å². The third-order valence-electron chi connectivity index (χ3n) is 3.63. The molecule has 4 rings (SSSR count). The first-order valence-corrected chi connectivity index (χ1v) is 7.57. The highest BCUT2D eigenvalue weighted by Gasteiger charge is 2.17. The molecule has 6 nitrogen and oxygen atoms in total. The summed E-state index contributed by atoms with van der Waals surface area (Å²) < 4.78 is 0. The zero-order chi connectivity index (χ0) is 16.5. The van der Waals surface area contributed by atoms with E-state index in [1.54, 1.807) is 0 Å². The SMILES string of the molecule is CN1[C]N(c2cccc(-c3cccc(N4[C]N(C)C=C4)n3)n2)C=C1. The van der Waals surface area contributed by atoms with Gasteiger partial charge >= 0.3 is 0 Å². The standard InChI is InChI=1S/C18H16N6/c1-21-9-11-23(13-21)17-7-3-5-15(19-17)16-6-4-8-18(20-16)24-12-10-22(2)14-24/h3-12H,1-2H3. The van der Waals surface area contributed by atoms with Crippen LogP contribution in [0.1, 0.15) is 0 Å².